The third kappa shape index (κ3) is 2.84. The van der Waals surface area contributed by atoms with Gasteiger partial charge in [0.1, 0.15) is 5.82 Å². The lowest BCUT2D eigenvalue weighted by Gasteiger charge is -2.08. The van der Waals surface area contributed by atoms with Gasteiger partial charge < -0.3 is 0 Å². The first kappa shape index (κ1) is 15.4. The van der Waals surface area contributed by atoms with Gasteiger partial charge >= 0.3 is 5.56 Å². The zero-order chi connectivity index (χ0) is 16.5. The molecule has 24 heavy (non-hydrogen) atoms. The number of fused-ring (bicyclic) bond motifs is 1. The van der Waals surface area contributed by atoms with Gasteiger partial charge in [-0.1, -0.05) is 30.7 Å². The number of thioether (sulfide) groups is 1. The third-order valence-corrected chi connectivity index (χ3v) is 5.62. The summed E-state index contributed by atoms with van der Waals surface area (Å²) in [6.45, 7) is 0. The summed E-state index contributed by atoms with van der Waals surface area (Å²) in [4.78, 5) is 12.6. The second kappa shape index (κ2) is 6.39. The number of benzene rings is 1. The molecule has 0 aliphatic heterocycles. The van der Waals surface area contributed by atoms with Gasteiger partial charge in [0.2, 0.25) is 5.65 Å². The summed E-state index contributed by atoms with van der Waals surface area (Å²) in [7, 11) is 0. The van der Waals surface area contributed by atoms with E-state index in [1.54, 1.807) is 40.7 Å². The van der Waals surface area contributed by atoms with Crippen molar-refractivity contribution in [1.82, 2.24) is 19.2 Å². The minimum atomic E-state index is -0.381. The van der Waals surface area contributed by atoms with E-state index in [1.807, 2.05) is 0 Å². The first-order valence-corrected chi connectivity index (χ1v) is 9.06. The first-order valence-electron chi connectivity index (χ1n) is 8.07. The lowest BCUT2D eigenvalue weighted by molar-refractivity contribution is 0.622. The molecule has 3 aromatic rings. The van der Waals surface area contributed by atoms with Crippen molar-refractivity contribution in [2.24, 2.45) is 5.92 Å². The molecule has 7 heteroatoms. The molecule has 124 valence electrons. The van der Waals surface area contributed by atoms with E-state index in [2.05, 4.69) is 10.2 Å². The maximum Gasteiger partial charge on any atom is 0.300 e. The van der Waals surface area contributed by atoms with Crippen LogP contribution in [0.2, 0.25) is 0 Å². The van der Waals surface area contributed by atoms with Crippen LogP contribution < -0.4 is 5.56 Å². The molecule has 1 aliphatic carbocycles. The Labute approximate surface area is 142 Å². The molecule has 2 aromatic heterocycles. The Balaban J connectivity index is 1.66. The summed E-state index contributed by atoms with van der Waals surface area (Å²) in [5.41, 5.74) is 0.435. The summed E-state index contributed by atoms with van der Waals surface area (Å²) in [6, 6.07) is 5.94. The van der Waals surface area contributed by atoms with Crippen molar-refractivity contribution < 1.29 is 4.39 Å². The molecule has 1 aromatic carbocycles. The van der Waals surface area contributed by atoms with Crippen LogP contribution in [0.25, 0.3) is 11.3 Å². The zero-order valence-corrected chi connectivity index (χ0v) is 13.9. The lowest BCUT2D eigenvalue weighted by Crippen LogP contribution is -2.20. The van der Waals surface area contributed by atoms with Gasteiger partial charge in [-0.25, -0.2) is 4.39 Å². The van der Waals surface area contributed by atoms with Crippen molar-refractivity contribution in [3.63, 3.8) is 0 Å². The molecule has 1 saturated carbocycles. The van der Waals surface area contributed by atoms with Crippen LogP contribution in [-0.4, -0.2) is 24.9 Å². The van der Waals surface area contributed by atoms with E-state index >= 15 is 0 Å². The predicted octanol–water partition coefficient (Wildman–Crippen LogP) is 3.30. The van der Waals surface area contributed by atoms with Gasteiger partial charge in [0.05, 0.1) is 5.69 Å². The van der Waals surface area contributed by atoms with E-state index in [0.717, 1.165) is 16.8 Å². The fraction of sp³-hybridized carbons (Fsp3) is 0.353. The van der Waals surface area contributed by atoms with Crippen LogP contribution in [-0.2, 0) is 0 Å². The van der Waals surface area contributed by atoms with Gasteiger partial charge in [0.25, 0.3) is 0 Å². The minimum absolute atomic E-state index is 0.260. The molecule has 2 heterocycles. The van der Waals surface area contributed by atoms with Crippen LogP contribution in [0.5, 0.6) is 0 Å². The Morgan fingerprint density at radius 1 is 1.21 bits per heavy atom. The number of aromatic nitrogens is 4. The summed E-state index contributed by atoms with van der Waals surface area (Å²) in [6.07, 6.45) is 8.56. The van der Waals surface area contributed by atoms with E-state index in [4.69, 9.17) is 0 Å². The Bertz CT molecular complexity index is 930. The Hall–Kier alpha value is -2.15. The van der Waals surface area contributed by atoms with Gasteiger partial charge in [-0.15, -0.1) is 10.2 Å². The molecule has 0 bridgehead atoms. The second-order valence-corrected chi connectivity index (χ2v) is 7.08. The summed E-state index contributed by atoms with van der Waals surface area (Å²) < 4.78 is 16.5. The SMILES string of the molecule is O=c1c2nnc(SCC3CCCC3)n2ccn1-c1cccc(F)c1. The average molecular weight is 344 g/mol. The molecule has 0 amide bonds. The van der Waals surface area contributed by atoms with Crippen LogP contribution in [0.15, 0.2) is 46.6 Å². The second-order valence-electron chi connectivity index (χ2n) is 6.09. The van der Waals surface area contributed by atoms with Crippen LogP contribution in [0.4, 0.5) is 4.39 Å². The van der Waals surface area contributed by atoms with Gasteiger partial charge in [-0.05, 0) is 37.0 Å². The Morgan fingerprint density at radius 3 is 2.83 bits per heavy atom. The van der Waals surface area contributed by atoms with Crippen molar-refractivity contribution in [3.05, 3.63) is 52.8 Å². The van der Waals surface area contributed by atoms with Crippen LogP contribution >= 0.6 is 11.8 Å². The van der Waals surface area contributed by atoms with Gasteiger partial charge in [0, 0.05) is 18.1 Å². The highest BCUT2D eigenvalue weighted by Gasteiger charge is 2.18. The summed E-state index contributed by atoms with van der Waals surface area (Å²) in [5.74, 6) is 1.36. The van der Waals surface area contributed by atoms with E-state index < -0.39 is 0 Å². The van der Waals surface area contributed by atoms with Crippen molar-refractivity contribution in [3.8, 4) is 5.69 Å². The number of nitrogens with zero attached hydrogens (tertiary/aromatic N) is 4. The number of halogens is 1. The highest BCUT2D eigenvalue weighted by Crippen LogP contribution is 2.30. The molecule has 0 radical (unpaired) electrons. The topological polar surface area (TPSA) is 52.2 Å². The molecule has 0 atom stereocenters. The lowest BCUT2D eigenvalue weighted by atomic mass is 10.1. The van der Waals surface area contributed by atoms with Crippen molar-refractivity contribution in [2.45, 2.75) is 30.8 Å². The van der Waals surface area contributed by atoms with E-state index in [9.17, 15) is 9.18 Å². The largest absolute Gasteiger partial charge is 0.300 e. The standard InChI is InChI=1S/C17H17FN4OS/c18-13-6-3-7-14(10-13)21-8-9-22-15(16(21)23)19-20-17(22)24-11-12-4-1-2-5-12/h3,6-10,12H,1-2,4-5,11H2. The summed E-state index contributed by atoms with van der Waals surface area (Å²) in [5, 5.41) is 8.93. The van der Waals surface area contributed by atoms with E-state index in [1.165, 1.54) is 42.4 Å². The quantitative estimate of drug-likeness (QED) is 0.682. The Kier molecular flexibility index (Phi) is 4.10. The summed E-state index contributed by atoms with van der Waals surface area (Å²) >= 11 is 1.65. The fourth-order valence-electron chi connectivity index (χ4n) is 3.16. The molecule has 1 fully saturated rings. The van der Waals surface area contributed by atoms with E-state index in [0.29, 0.717) is 5.69 Å². The fourth-order valence-corrected chi connectivity index (χ4v) is 4.27. The molecule has 0 unspecified atom stereocenters. The average Bonchev–Trinajstić information content (AvgIpc) is 3.23. The zero-order valence-electron chi connectivity index (χ0n) is 13.1. The van der Waals surface area contributed by atoms with Crippen molar-refractivity contribution in [1.29, 1.82) is 0 Å². The highest BCUT2D eigenvalue weighted by molar-refractivity contribution is 7.99. The van der Waals surface area contributed by atoms with Crippen LogP contribution in [0, 0.1) is 11.7 Å². The molecule has 0 saturated heterocycles. The number of rotatable bonds is 4. The molecule has 0 N–H and O–H groups in total. The molecule has 4 rings (SSSR count). The van der Waals surface area contributed by atoms with Crippen LogP contribution in [0.1, 0.15) is 25.7 Å². The highest BCUT2D eigenvalue weighted by atomic mass is 32.2. The first-order chi connectivity index (χ1) is 11.7. The van der Waals surface area contributed by atoms with Gasteiger partial charge in [-0.2, -0.15) is 0 Å². The van der Waals surface area contributed by atoms with Crippen molar-refractivity contribution >= 4 is 17.4 Å². The number of hydrogen-bond acceptors (Lipinski definition) is 4. The molecule has 1 aliphatic rings. The maximum absolute atomic E-state index is 13.4. The third-order valence-electron chi connectivity index (χ3n) is 4.45. The van der Waals surface area contributed by atoms with E-state index in [-0.39, 0.29) is 17.0 Å². The van der Waals surface area contributed by atoms with Crippen molar-refractivity contribution in [2.75, 3.05) is 5.75 Å². The monoisotopic (exact) mass is 344 g/mol. The molecule has 0 spiro atoms. The normalized spacial score (nSPS) is 15.4. The molecular weight excluding hydrogens is 327 g/mol. The molecular formula is C17H17FN4OS. The Morgan fingerprint density at radius 2 is 2.04 bits per heavy atom. The smallest absolute Gasteiger partial charge is 0.279 e. The van der Waals surface area contributed by atoms with Gasteiger partial charge in [0.15, 0.2) is 5.16 Å². The number of hydrogen-bond donors (Lipinski definition) is 0. The minimum Gasteiger partial charge on any atom is -0.279 e. The van der Waals surface area contributed by atoms with Crippen LogP contribution in [0.3, 0.4) is 0 Å². The maximum atomic E-state index is 13.4. The molecule has 5 nitrogen and oxygen atoms in total. The van der Waals surface area contributed by atoms with Gasteiger partial charge in [-0.3, -0.25) is 13.8 Å². The predicted molar refractivity (Wildman–Crippen MR) is 91.2 cm³/mol.